The van der Waals surface area contributed by atoms with Gasteiger partial charge in [-0.1, -0.05) is 60.7 Å². The van der Waals surface area contributed by atoms with Gasteiger partial charge in [0.25, 0.3) is 0 Å². The lowest BCUT2D eigenvalue weighted by molar-refractivity contribution is 0.380. The van der Waals surface area contributed by atoms with Crippen LogP contribution in [0.3, 0.4) is 0 Å². The zero-order valence-electron chi connectivity index (χ0n) is 39.8. The van der Waals surface area contributed by atoms with Gasteiger partial charge in [0, 0.05) is 11.1 Å². The second-order valence-electron chi connectivity index (χ2n) is 16.6. The van der Waals surface area contributed by atoms with Gasteiger partial charge in [0.05, 0.1) is 17.7 Å². The van der Waals surface area contributed by atoms with Crippen LogP contribution in [0.4, 0.5) is 132 Å². The number of halogens is 30. The van der Waals surface area contributed by atoms with E-state index in [2.05, 4.69) is 34.2 Å². The molecule has 0 aliphatic heterocycles. The van der Waals surface area contributed by atoms with E-state index in [9.17, 15) is 132 Å². The molecule has 1 N–H and O–H groups in total. The smallest absolute Gasteiger partial charge is 0.344 e. The zero-order chi connectivity index (χ0) is 63.4. The van der Waals surface area contributed by atoms with Gasteiger partial charge in [0.1, 0.15) is 0 Å². The van der Waals surface area contributed by atoms with Crippen LogP contribution in [0, 0.1) is 175 Å². The standard InChI is InChI=1S/C15H12N2.6C6F5.2Al/c1-3-7-12(8-4-1)14-15(17-11-16-14)13-9-5-2-6-10-13;6*7-2-1-3(8)5(10)6(11)4(2)9;;/h1-11H,(H,16,17);;;;;;;;. The number of nitrogens with zero attached hydrogens (tertiary/aromatic N) is 1. The van der Waals surface area contributed by atoms with Crippen molar-refractivity contribution in [2.75, 3.05) is 0 Å². The molecule has 0 aliphatic carbocycles. The van der Waals surface area contributed by atoms with Crippen molar-refractivity contribution in [2.45, 2.75) is 0 Å². The summed E-state index contributed by atoms with van der Waals surface area (Å²) in [5, 5.41) is 0. The minimum absolute atomic E-state index is 0.997. The summed E-state index contributed by atoms with van der Waals surface area (Å²) < 4.78 is 403. The van der Waals surface area contributed by atoms with Gasteiger partial charge in [0.15, 0.2) is 175 Å². The Kier molecular flexibility index (Phi) is 18.9. The quantitative estimate of drug-likeness (QED) is 0.0698. The van der Waals surface area contributed by atoms with E-state index in [1.807, 2.05) is 36.4 Å². The highest BCUT2D eigenvalue weighted by Gasteiger charge is 2.49. The predicted molar refractivity (Wildman–Crippen MR) is 236 cm³/mol. The summed E-state index contributed by atoms with van der Waals surface area (Å²) in [6, 6.07) is 20.5. The summed E-state index contributed by atoms with van der Waals surface area (Å²) in [7, 11) is 0. The number of hydrogen-bond donors (Lipinski definition) is 1. The lowest BCUT2D eigenvalue weighted by Crippen LogP contribution is -2.60. The average molecular weight is 1280 g/mol. The molecule has 0 amide bonds. The van der Waals surface area contributed by atoms with Crippen molar-refractivity contribution in [3.05, 3.63) is 242 Å². The number of imidazole rings is 1. The van der Waals surface area contributed by atoms with E-state index in [1.54, 1.807) is 6.33 Å². The van der Waals surface area contributed by atoms with Gasteiger partial charge >= 0.3 is 28.3 Å². The van der Waals surface area contributed by atoms with Crippen LogP contribution >= 0.6 is 0 Å². The molecule has 442 valence electrons. The Morgan fingerprint density at radius 1 is 0.212 bits per heavy atom. The Hall–Kier alpha value is -8.07. The van der Waals surface area contributed by atoms with Gasteiger partial charge in [-0.2, -0.15) is 0 Å². The third kappa shape index (κ3) is 11.0. The Labute approximate surface area is 459 Å². The predicted octanol–water partition coefficient (Wildman–Crippen LogP) is 12.3. The van der Waals surface area contributed by atoms with Gasteiger partial charge < -0.3 is 4.98 Å². The van der Waals surface area contributed by atoms with Crippen molar-refractivity contribution in [2.24, 2.45) is 0 Å². The van der Waals surface area contributed by atoms with E-state index in [-0.39, 0.29) is 0 Å². The van der Waals surface area contributed by atoms with Crippen LogP contribution in [-0.2, 0) is 0 Å². The number of aromatic nitrogens is 2. The third-order valence-corrected chi connectivity index (χ3v) is 18.4. The number of aromatic amines is 1. The fourth-order valence-electron chi connectivity index (χ4n) is 8.05. The van der Waals surface area contributed by atoms with Gasteiger partial charge in [-0.05, 0) is 26.6 Å². The topological polar surface area (TPSA) is 28.7 Å². The first kappa shape index (κ1) is 64.5. The minimum atomic E-state index is -5.96. The molecular weight excluding hydrogens is 1260 g/mol. The van der Waals surface area contributed by atoms with Crippen molar-refractivity contribution < 1.29 is 132 Å². The molecule has 1 heterocycles. The largest absolute Gasteiger partial charge is 0.413 e. The van der Waals surface area contributed by atoms with Crippen molar-refractivity contribution >= 4 is 54.8 Å². The maximum absolute atomic E-state index is 14.4. The second-order valence-corrected chi connectivity index (χ2v) is 21.8. The van der Waals surface area contributed by atoms with Crippen LogP contribution in [0.1, 0.15) is 0 Å². The number of hydrogen-bond acceptors (Lipinski definition) is 1. The van der Waals surface area contributed by atoms with Crippen molar-refractivity contribution in [1.82, 2.24) is 9.97 Å². The first-order valence-electron chi connectivity index (χ1n) is 22.0. The maximum atomic E-state index is 14.4. The van der Waals surface area contributed by atoms with Gasteiger partial charge in [0.2, 0.25) is 0 Å². The molecule has 0 fully saturated rings. The number of nitrogens with one attached hydrogen (secondary N) is 1. The molecule has 0 bridgehead atoms. The molecule has 1 aromatic heterocycles. The first-order valence-corrected chi connectivity index (χ1v) is 25.5. The molecule has 2 nitrogen and oxygen atoms in total. The summed E-state index contributed by atoms with van der Waals surface area (Å²) in [4.78, 5) is 7.62. The highest BCUT2D eigenvalue weighted by Crippen LogP contribution is 2.30. The highest BCUT2D eigenvalue weighted by atomic mass is 27.2. The number of benzene rings is 8. The van der Waals surface area contributed by atoms with E-state index in [0.29, 0.717) is 0 Å². The molecule has 0 atom stereocenters. The molecular formula is C51H12Al2F30N2. The fourth-order valence-corrected chi connectivity index (χ4v) is 14.3. The molecule has 0 aliphatic rings. The highest BCUT2D eigenvalue weighted by molar-refractivity contribution is 6.96. The molecule has 0 saturated carbocycles. The van der Waals surface area contributed by atoms with Crippen LogP contribution in [0.2, 0.25) is 0 Å². The van der Waals surface area contributed by atoms with E-state index < -0.39 is 229 Å². The van der Waals surface area contributed by atoms with Gasteiger partial charge in [-0.15, -0.1) is 0 Å². The lowest BCUT2D eigenvalue weighted by Gasteiger charge is -2.20. The third-order valence-electron chi connectivity index (χ3n) is 11.9. The molecule has 0 radical (unpaired) electrons. The van der Waals surface area contributed by atoms with Crippen molar-refractivity contribution in [1.29, 1.82) is 0 Å². The number of H-pyrrole nitrogens is 1. The van der Waals surface area contributed by atoms with Crippen LogP contribution in [-0.4, -0.2) is 38.3 Å². The van der Waals surface area contributed by atoms with E-state index in [1.165, 1.54) is 0 Å². The zero-order valence-corrected chi connectivity index (χ0v) is 42.1. The van der Waals surface area contributed by atoms with Crippen LogP contribution < -0.4 is 26.6 Å². The van der Waals surface area contributed by atoms with Crippen LogP contribution in [0.25, 0.3) is 22.5 Å². The molecule has 9 aromatic rings. The van der Waals surface area contributed by atoms with Crippen molar-refractivity contribution in [3.63, 3.8) is 0 Å². The Morgan fingerprint density at radius 3 is 0.565 bits per heavy atom. The minimum Gasteiger partial charge on any atom is -0.344 e. The fraction of sp³-hybridized carbons (Fsp3) is 0. The molecule has 8 aromatic carbocycles. The van der Waals surface area contributed by atoms with E-state index in [4.69, 9.17) is 0 Å². The van der Waals surface area contributed by atoms with E-state index >= 15 is 0 Å². The van der Waals surface area contributed by atoms with E-state index in [0.717, 1.165) is 22.5 Å². The normalized spacial score (nSPS) is 11.2. The van der Waals surface area contributed by atoms with Crippen LogP contribution in [0.15, 0.2) is 67.0 Å². The Bertz CT molecular complexity index is 3390. The SMILES string of the molecule is Fc1c(F)c(F)[c]([Al]([c]2c(F)c(F)c(F)c(F)c2F)[c]2c(F)c(F)c(F)c(F)c2F)c(F)c1F.Fc1c(F)c(F)[c]([Al]([c]2c(F)c(F)c(F)c(F)c2F)[c]2c(F)c(F)c(F)c(F)c2F)c(F)c1F.c1ccc(-c2nc[nH]c2-c2ccccc2)cc1. The molecule has 85 heavy (non-hydrogen) atoms. The molecule has 0 spiro atoms. The molecule has 34 heteroatoms. The van der Waals surface area contributed by atoms with Gasteiger partial charge in [-0.25, -0.2) is 137 Å². The summed E-state index contributed by atoms with van der Waals surface area (Å²) >= 11 is -11.9. The monoisotopic (exact) mass is 1280 g/mol. The van der Waals surface area contributed by atoms with Gasteiger partial charge in [-0.3, -0.25) is 0 Å². The Balaban J connectivity index is 0.000000192. The Morgan fingerprint density at radius 2 is 0.376 bits per heavy atom. The second kappa shape index (κ2) is 24.9. The summed E-state index contributed by atoms with van der Waals surface area (Å²) in [5.41, 5.74) is 4.35. The first-order chi connectivity index (χ1) is 39.8. The lowest BCUT2D eigenvalue weighted by atomic mass is 10.1. The van der Waals surface area contributed by atoms with Crippen LogP contribution in [0.5, 0.6) is 0 Å². The van der Waals surface area contributed by atoms with Crippen molar-refractivity contribution in [3.8, 4) is 22.5 Å². The average Bonchev–Trinajstić information content (AvgIpc) is 1.54. The summed E-state index contributed by atoms with van der Waals surface area (Å²) in [5.74, 6) is -89.2. The summed E-state index contributed by atoms with van der Waals surface area (Å²) in [6.45, 7) is 0. The maximum Gasteiger partial charge on any atom is 0.413 e. The molecule has 0 unspecified atom stereocenters. The molecule has 9 rings (SSSR count). The number of rotatable bonds is 8. The summed E-state index contributed by atoms with van der Waals surface area (Å²) in [6.07, 6.45) is 1.74. The molecule has 0 saturated heterocycles.